The summed E-state index contributed by atoms with van der Waals surface area (Å²) < 4.78 is 23.7. The van der Waals surface area contributed by atoms with E-state index in [0.717, 1.165) is 32.1 Å². The number of carbonyl (C=O) groups is 1. The van der Waals surface area contributed by atoms with E-state index >= 15 is 0 Å². The van der Waals surface area contributed by atoms with Crippen LogP contribution in [0.2, 0.25) is 0 Å². The standard InChI is InChI=1S/C23H34O5/c1-17-11-13-23(12-7-10-20(27-23)14-21(24)25-3)28-22(17)18(2)15-26-16-19-8-5-4-6-9-19/h4-6,8-9,17-18,20,22H,7,10-16H2,1-3H3/t17-,18-,20+,22+,23-/m1/s1. The normalized spacial score (nSPS) is 31.5. The molecule has 2 aliphatic heterocycles. The summed E-state index contributed by atoms with van der Waals surface area (Å²) in [5.74, 6) is -0.0293. The fourth-order valence-corrected chi connectivity index (χ4v) is 4.45. The third kappa shape index (κ3) is 5.56. The summed E-state index contributed by atoms with van der Waals surface area (Å²) in [5.41, 5.74) is 1.19. The van der Waals surface area contributed by atoms with Crippen LogP contribution in [0.3, 0.4) is 0 Å². The van der Waals surface area contributed by atoms with E-state index in [1.807, 2.05) is 18.2 Å². The van der Waals surface area contributed by atoms with Crippen LogP contribution in [-0.2, 0) is 30.3 Å². The van der Waals surface area contributed by atoms with Crippen molar-refractivity contribution in [2.24, 2.45) is 11.8 Å². The quantitative estimate of drug-likeness (QED) is 0.643. The molecule has 1 aromatic carbocycles. The Balaban J connectivity index is 1.54. The van der Waals surface area contributed by atoms with Gasteiger partial charge in [0.25, 0.3) is 0 Å². The molecule has 0 aromatic heterocycles. The molecule has 5 heteroatoms. The molecule has 2 saturated heterocycles. The van der Waals surface area contributed by atoms with Crippen LogP contribution >= 0.6 is 0 Å². The van der Waals surface area contributed by atoms with Gasteiger partial charge in [-0.15, -0.1) is 0 Å². The zero-order chi connectivity index (χ0) is 20.0. The minimum Gasteiger partial charge on any atom is -0.469 e. The van der Waals surface area contributed by atoms with Crippen LogP contribution < -0.4 is 0 Å². The Morgan fingerprint density at radius 2 is 2.00 bits per heavy atom. The highest BCUT2D eigenvalue weighted by molar-refractivity contribution is 5.69. The molecule has 2 fully saturated rings. The monoisotopic (exact) mass is 390 g/mol. The zero-order valence-electron chi connectivity index (χ0n) is 17.4. The van der Waals surface area contributed by atoms with Crippen molar-refractivity contribution in [1.29, 1.82) is 0 Å². The highest BCUT2D eigenvalue weighted by atomic mass is 16.7. The molecule has 2 aliphatic rings. The zero-order valence-corrected chi connectivity index (χ0v) is 17.4. The summed E-state index contributed by atoms with van der Waals surface area (Å²) in [4.78, 5) is 11.7. The highest BCUT2D eigenvalue weighted by Crippen LogP contribution is 2.43. The van der Waals surface area contributed by atoms with Crippen molar-refractivity contribution in [2.45, 2.75) is 77.0 Å². The first-order chi connectivity index (χ1) is 13.5. The van der Waals surface area contributed by atoms with Crippen LogP contribution in [0.4, 0.5) is 0 Å². The third-order valence-electron chi connectivity index (χ3n) is 6.03. The number of benzene rings is 1. The summed E-state index contributed by atoms with van der Waals surface area (Å²) in [6, 6.07) is 10.2. The topological polar surface area (TPSA) is 54.0 Å². The highest BCUT2D eigenvalue weighted by Gasteiger charge is 2.46. The van der Waals surface area contributed by atoms with Crippen molar-refractivity contribution < 1.29 is 23.7 Å². The van der Waals surface area contributed by atoms with Gasteiger partial charge in [-0.05, 0) is 30.7 Å². The predicted octanol–water partition coefficient (Wildman–Crippen LogP) is 4.48. The van der Waals surface area contributed by atoms with Crippen LogP contribution in [0.5, 0.6) is 0 Å². The maximum Gasteiger partial charge on any atom is 0.308 e. The number of hydrogen-bond donors (Lipinski definition) is 0. The Morgan fingerprint density at radius 3 is 2.75 bits per heavy atom. The van der Waals surface area contributed by atoms with E-state index in [-0.39, 0.29) is 24.1 Å². The van der Waals surface area contributed by atoms with Gasteiger partial charge in [-0.2, -0.15) is 0 Å². The van der Waals surface area contributed by atoms with Gasteiger partial charge in [0, 0.05) is 18.8 Å². The van der Waals surface area contributed by atoms with Gasteiger partial charge in [0.15, 0.2) is 5.79 Å². The summed E-state index contributed by atoms with van der Waals surface area (Å²) in [6.07, 6.45) is 5.04. The molecule has 0 aliphatic carbocycles. The maximum atomic E-state index is 11.7. The molecule has 28 heavy (non-hydrogen) atoms. The number of rotatable bonds is 7. The van der Waals surface area contributed by atoms with Crippen molar-refractivity contribution in [3.63, 3.8) is 0 Å². The van der Waals surface area contributed by atoms with Gasteiger partial charge in [0.1, 0.15) is 0 Å². The first kappa shape index (κ1) is 21.3. The Morgan fingerprint density at radius 1 is 1.21 bits per heavy atom. The smallest absolute Gasteiger partial charge is 0.308 e. The Kier molecular flexibility index (Phi) is 7.49. The van der Waals surface area contributed by atoms with Crippen LogP contribution in [0, 0.1) is 11.8 Å². The number of ether oxygens (including phenoxy) is 4. The van der Waals surface area contributed by atoms with E-state index in [1.54, 1.807) is 0 Å². The van der Waals surface area contributed by atoms with Gasteiger partial charge in [0.05, 0.1) is 39.0 Å². The summed E-state index contributed by atoms with van der Waals surface area (Å²) in [7, 11) is 1.42. The van der Waals surface area contributed by atoms with Crippen molar-refractivity contribution in [1.82, 2.24) is 0 Å². The van der Waals surface area contributed by atoms with Gasteiger partial charge in [-0.3, -0.25) is 4.79 Å². The lowest BCUT2D eigenvalue weighted by molar-refractivity contribution is -0.330. The van der Waals surface area contributed by atoms with Crippen LogP contribution in [-0.4, -0.2) is 37.7 Å². The predicted molar refractivity (Wildman–Crippen MR) is 107 cm³/mol. The maximum absolute atomic E-state index is 11.7. The lowest BCUT2D eigenvalue weighted by Gasteiger charge is -2.49. The fraction of sp³-hybridized carbons (Fsp3) is 0.696. The van der Waals surface area contributed by atoms with E-state index in [0.29, 0.717) is 25.6 Å². The lowest BCUT2D eigenvalue weighted by atomic mass is 9.83. The molecule has 5 nitrogen and oxygen atoms in total. The molecule has 0 saturated carbocycles. The summed E-state index contributed by atoms with van der Waals surface area (Å²) in [6.45, 7) is 5.72. The molecule has 0 radical (unpaired) electrons. The van der Waals surface area contributed by atoms with Crippen molar-refractivity contribution in [3.05, 3.63) is 35.9 Å². The average Bonchev–Trinajstić information content (AvgIpc) is 2.71. The second-order valence-electron chi connectivity index (χ2n) is 8.40. The molecule has 2 heterocycles. The van der Waals surface area contributed by atoms with Crippen LogP contribution in [0.25, 0.3) is 0 Å². The summed E-state index contributed by atoms with van der Waals surface area (Å²) >= 11 is 0. The molecule has 1 aromatic rings. The van der Waals surface area contributed by atoms with Crippen molar-refractivity contribution >= 4 is 5.97 Å². The van der Waals surface area contributed by atoms with E-state index in [2.05, 4.69) is 26.0 Å². The Labute approximate surface area is 168 Å². The SMILES string of the molecule is COC(=O)C[C@@H]1CCC[C@@]2(CC[C@@H](C)[C@@H]([C@H](C)COCc3ccccc3)O2)O1. The summed E-state index contributed by atoms with van der Waals surface area (Å²) in [5, 5.41) is 0. The van der Waals surface area contributed by atoms with Gasteiger partial charge >= 0.3 is 5.97 Å². The van der Waals surface area contributed by atoms with Crippen molar-refractivity contribution in [3.8, 4) is 0 Å². The van der Waals surface area contributed by atoms with Crippen LogP contribution in [0.15, 0.2) is 30.3 Å². The van der Waals surface area contributed by atoms with Gasteiger partial charge in [-0.1, -0.05) is 44.2 Å². The molecule has 5 atom stereocenters. The molecule has 0 bridgehead atoms. The number of carbonyl (C=O) groups excluding carboxylic acids is 1. The van der Waals surface area contributed by atoms with Gasteiger partial charge in [-0.25, -0.2) is 0 Å². The van der Waals surface area contributed by atoms with E-state index in [4.69, 9.17) is 18.9 Å². The van der Waals surface area contributed by atoms with E-state index in [9.17, 15) is 4.79 Å². The molecular weight excluding hydrogens is 356 g/mol. The van der Waals surface area contributed by atoms with E-state index < -0.39 is 5.79 Å². The third-order valence-corrected chi connectivity index (χ3v) is 6.03. The molecule has 1 spiro atoms. The molecule has 0 amide bonds. The average molecular weight is 391 g/mol. The lowest BCUT2D eigenvalue weighted by Crippen LogP contribution is -2.52. The van der Waals surface area contributed by atoms with Crippen molar-refractivity contribution in [2.75, 3.05) is 13.7 Å². The van der Waals surface area contributed by atoms with Crippen LogP contribution in [0.1, 0.15) is 57.9 Å². The largest absolute Gasteiger partial charge is 0.469 e. The Hall–Kier alpha value is -1.43. The Bertz CT molecular complexity index is 619. The molecule has 0 N–H and O–H groups in total. The minimum absolute atomic E-state index is 0.0985. The molecule has 3 rings (SSSR count). The number of hydrogen-bond acceptors (Lipinski definition) is 5. The molecule has 156 valence electrons. The molecule has 0 unspecified atom stereocenters. The van der Waals surface area contributed by atoms with E-state index in [1.165, 1.54) is 12.7 Å². The first-order valence-electron chi connectivity index (χ1n) is 10.6. The number of esters is 1. The second kappa shape index (κ2) is 9.86. The first-order valence-corrected chi connectivity index (χ1v) is 10.6. The van der Waals surface area contributed by atoms with Gasteiger partial charge < -0.3 is 18.9 Å². The fourth-order valence-electron chi connectivity index (χ4n) is 4.45. The minimum atomic E-state index is -0.554. The second-order valence-corrected chi connectivity index (χ2v) is 8.40. The number of methoxy groups -OCH3 is 1. The molecular formula is C23H34O5. The van der Waals surface area contributed by atoms with Gasteiger partial charge in [0.2, 0.25) is 0 Å².